The molecule has 3 rings (SSSR count). The number of rotatable bonds is 3. The Morgan fingerprint density at radius 1 is 1.59 bits per heavy atom. The zero-order valence-electron chi connectivity index (χ0n) is 10.2. The van der Waals surface area contributed by atoms with Crippen molar-refractivity contribution in [2.75, 3.05) is 0 Å². The number of fused-ring (bicyclic) bond motifs is 2. The van der Waals surface area contributed by atoms with Gasteiger partial charge in [-0.25, -0.2) is 0 Å². The summed E-state index contributed by atoms with van der Waals surface area (Å²) in [5.41, 5.74) is 0.388. The van der Waals surface area contributed by atoms with Gasteiger partial charge in [0.15, 0.2) is 0 Å². The minimum Gasteiger partial charge on any atom is -0.383 e. The van der Waals surface area contributed by atoms with E-state index in [2.05, 4.69) is 28.0 Å². The van der Waals surface area contributed by atoms with Crippen LogP contribution in [0, 0.1) is 11.8 Å². The van der Waals surface area contributed by atoms with Crippen molar-refractivity contribution in [2.45, 2.75) is 51.2 Å². The number of hydrogen-bond donors (Lipinski definition) is 1. The van der Waals surface area contributed by atoms with Crippen LogP contribution >= 0.6 is 15.9 Å². The third kappa shape index (κ3) is 1.68. The van der Waals surface area contributed by atoms with Crippen LogP contribution in [0.5, 0.6) is 0 Å². The molecular weight excluding hydrogens is 280 g/mol. The molecule has 0 saturated heterocycles. The van der Waals surface area contributed by atoms with Crippen LogP contribution in [0.3, 0.4) is 0 Å². The second-order valence-electron chi connectivity index (χ2n) is 5.57. The highest BCUT2D eigenvalue weighted by Crippen LogP contribution is 2.56. The molecule has 0 aliphatic heterocycles. The molecule has 2 fully saturated rings. The average Bonchev–Trinajstić information content (AvgIpc) is 2.93. The van der Waals surface area contributed by atoms with Crippen molar-refractivity contribution in [3.8, 4) is 0 Å². The number of nitrogens with zero attached hydrogens (tertiary/aromatic N) is 2. The number of aliphatic hydroxyl groups is 1. The van der Waals surface area contributed by atoms with Gasteiger partial charge in [0.25, 0.3) is 0 Å². The molecule has 0 aromatic carbocycles. The van der Waals surface area contributed by atoms with Gasteiger partial charge in [-0.15, -0.1) is 0 Å². The maximum Gasteiger partial charge on any atom is 0.110 e. The first-order chi connectivity index (χ1) is 8.15. The van der Waals surface area contributed by atoms with E-state index in [0.29, 0.717) is 5.92 Å². The van der Waals surface area contributed by atoms with Crippen LogP contribution in [0.15, 0.2) is 10.7 Å². The second-order valence-corrected chi connectivity index (χ2v) is 6.42. The van der Waals surface area contributed by atoms with Crippen molar-refractivity contribution in [1.29, 1.82) is 0 Å². The summed E-state index contributed by atoms with van der Waals surface area (Å²) >= 11 is 3.56. The Morgan fingerprint density at radius 3 is 3.00 bits per heavy atom. The number of aromatic nitrogens is 2. The molecule has 2 aliphatic rings. The molecule has 3 nitrogen and oxygen atoms in total. The predicted molar refractivity (Wildman–Crippen MR) is 69.6 cm³/mol. The van der Waals surface area contributed by atoms with Crippen LogP contribution in [0.1, 0.15) is 44.7 Å². The lowest BCUT2D eigenvalue weighted by Crippen LogP contribution is -2.35. The molecule has 1 N–H and O–H groups in total. The fraction of sp³-hybridized carbons (Fsp3) is 0.769. The first-order valence-electron chi connectivity index (χ1n) is 6.59. The summed E-state index contributed by atoms with van der Waals surface area (Å²) in [5.74, 6) is 1.16. The smallest absolute Gasteiger partial charge is 0.110 e. The summed E-state index contributed by atoms with van der Waals surface area (Å²) in [6.45, 7) is 3.03. The van der Waals surface area contributed by atoms with Crippen LogP contribution in [-0.4, -0.2) is 14.9 Å². The van der Waals surface area contributed by atoms with E-state index in [9.17, 15) is 5.11 Å². The Balaban J connectivity index is 2.00. The zero-order chi connectivity index (χ0) is 12.0. The second kappa shape index (κ2) is 4.09. The van der Waals surface area contributed by atoms with Crippen molar-refractivity contribution >= 4 is 15.9 Å². The number of aryl methyl sites for hydroxylation is 1. The molecule has 4 heteroatoms. The number of hydrogen-bond acceptors (Lipinski definition) is 2. The van der Waals surface area contributed by atoms with E-state index in [1.54, 1.807) is 0 Å². The molecule has 0 spiro atoms. The van der Waals surface area contributed by atoms with Crippen LogP contribution in [0.25, 0.3) is 0 Å². The van der Waals surface area contributed by atoms with E-state index in [-0.39, 0.29) is 0 Å². The van der Waals surface area contributed by atoms with Gasteiger partial charge in [-0.3, -0.25) is 4.68 Å². The standard InChI is InChI=1S/C13H19BrN2O/c1-2-5-16-12(11(14)8-15-16)13(17)7-9-3-4-10(13)6-9/h8-10,17H,2-7H2,1H3. The Hall–Kier alpha value is -0.350. The molecule has 2 bridgehead atoms. The topological polar surface area (TPSA) is 38.0 Å². The largest absolute Gasteiger partial charge is 0.383 e. The Bertz CT molecular complexity index is 431. The van der Waals surface area contributed by atoms with Crippen molar-refractivity contribution in [3.63, 3.8) is 0 Å². The monoisotopic (exact) mass is 298 g/mol. The lowest BCUT2D eigenvalue weighted by Gasteiger charge is -2.33. The van der Waals surface area contributed by atoms with E-state index in [0.717, 1.165) is 35.5 Å². The zero-order valence-corrected chi connectivity index (χ0v) is 11.8. The highest BCUT2D eigenvalue weighted by atomic mass is 79.9. The van der Waals surface area contributed by atoms with Crippen molar-refractivity contribution in [3.05, 3.63) is 16.4 Å². The minimum atomic E-state index is -0.632. The highest BCUT2D eigenvalue weighted by molar-refractivity contribution is 9.10. The first kappa shape index (κ1) is 11.7. The maximum absolute atomic E-state index is 11.0. The van der Waals surface area contributed by atoms with E-state index in [4.69, 9.17) is 0 Å². The van der Waals surface area contributed by atoms with E-state index >= 15 is 0 Å². The normalized spacial score (nSPS) is 35.7. The lowest BCUT2D eigenvalue weighted by atomic mass is 9.81. The SMILES string of the molecule is CCCn1ncc(Br)c1C1(O)CC2CCC1C2. The Labute approximate surface area is 110 Å². The van der Waals surface area contributed by atoms with E-state index in [1.807, 2.05) is 10.9 Å². The quantitative estimate of drug-likeness (QED) is 0.931. The summed E-state index contributed by atoms with van der Waals surface area (Å²) in [6, 6.07) is 0. The Morgan fingerprint density at radius 2 is 2.41 bits per heavy atom. The third-order valence-corrected chi connectivity index (χ3v) is 5.04. The molecule has 1 heterocycles. The molecule has 0 amide bonds. The van der Waals surface area contributed by atoms with Gasteiger partial charge >= 0.3 is 0 Å². The molecule has 3 atom stereocenters. The predicted octanol–water partition coefficient (Wildman–Crippen LogP) is 3.06. The first-order valence-corrected chi connectivity index (χ1v) is 7.38. The van der Waals surface area contributed by atoms with E-state index < -0.39 is 5.60 Å². The summed E-state index contributed by atoms with van der Waals surface area (Å²) in [4.78, 5) is 0. The Kier molecular flexibility index (Phi) is 2.82. The van der Waals surface area contributed by atoms with Crippen LogP contribution < -0.4 is 0 Å². The maximum atomic E-state index is 11.0. The summed E-state index contributed by atoms with van der Waals surface area (Å²) in [7, 11) is 0. The van der Waals surface area contributed by atoms with Gasteiger partial charge < -0.3 is 5.11 Å². The van der Waals surface area contributed by atoms with Crippen LogP contribution in [-0.2, 0) is 12.1 Å². The minimum absolute atomic E-state index is 0.441. The molecule has 94 valence electrons. The van der Waals surface area contributed by atoms with E-state index in [1.165, 1.54) is 19.3 Å². The molecule has 1 aromatic heterocycles. The fourth-order valence-electron chi connectivity index (χ4n) is 3.77. The van der Waals surface area contributed by atoms with Crippen LogP contribution in [0.4, 0.5) is 0 Å². The lowest BCUT2D eigenvalue weighted by molar-refractivity contribution is -0.0268. The van der Waals surface area contributed by atoms with Crippen LogP contribution in [0.2, 0.25) is 0 Å². The van der Waals surface area contributed by atoms with Gasteiger partial charge in [-0.05, 0) is 59.9 Å². The summed E-state index contributed by atoms with van der Waals surface area (Å²) in [6.07, 6.45) is 7.46. The van der Waals surface area contributed by atoms with Gasteiger partial charge in [-0.2, -0.15) is 5.10 Å². The van der Waals surface area contributed by atoms with Gasteiger partial charge in [0.2, 0.25) is 0 Å². The van der Waals surface area contributed by atoms with Crippen molar-refractivity contribution in [1.82, 2.24) is 9.78 Å². The van der Waals surface area contributed by atoms with Gasteiger partial charge in [0, 0.05) is 6.54 Å². The summed E-state index contributed by atoms with van der Waals surface area (Å²) < 4.78 is 2.96. The van der Waals surface area contributed by atoms with Gasteiger partial charge in [-0.1, -0.05) is 6.92 Å². The van der Waals surface area contributed by atoms with Crippen molar-refractivity contribution < 1.29 is 5.11 Å². The average molecular weight is 299 g/mol. The number of halogens is 1. The molecule has 17 heavy (non-hydrogen) atoms. The van der Waals surface area contributed by atoms with Gasteiger partial charge in [0.1, 0.15) is 5.60 Å². The molecule has 3 unspecified atom stereocenters. The summed E-state index contributed by atoms with van der Waals surface area (Å²) in [5, 5.41) is 15.4. The molecule has 1 aromatic rings. The van der Waals surface area contributed by atoms with Crippen molar-refractivity contribution in [2.24, 2.45) is 11.8 Å². The fourth-order valence-corrected chi connectivity index (χ4v) is 4.40. The molecular formula is C13H19BrN2O. The molecule has 2 saturated carbocycles. The van der Waals surface area contributed by atoms with Gasteiger partial charge in [0.05, 0.1) is 16.4 Å². The molecule has 0 radical (unpaired) electrons. The molecule has 2 aliphatic carbocycles. The third-order valence-electron chi connectivity index (χ3n) is 4.46. The highest BCUT2D eigenvalue weighted by Gasteiger charge is 2.53.